The van der Waals surface area contributed by atoms with Crippen molar-refractivity contribution in [1.29, 1.82) is 0 Å². The molecule has 1 aliphatic carbocycles. The summed E-state index contributed by atoms with van der Waals surface area (Å²) in [6.45, 7) is 3.70. The van der Waals surface area contributed by atoms with Gasteiger partial charge in [-0.3, -0.25) is 0 Å². The van der Waals surface area contributed by atoms with E-state index in [9.17, 15) is 9.90 Å². The molecule has 1 fully saturated rings. The molecular formula is C15H22N2O3. The van der Waals surface area contributed by atoms with Gasteiger partial charge in [-0.2, -0.15) is 0 Å². The molecule has 20 heavy (non-hydrogen) atoms. The summed E-state index contributed by atoms with van der Waals surface area (Å²) in [6.07, 6.45) is 1.97. The van der Waals surface area contributed by atoms with Crippen molar-refractivity contribution in [1.82, 2.24) is 10.6 Å². The largest absolute Gasteiger partial charge is 0.494 e. The molecule has 0 aromatic heterocycles. The smallest absolute Gasteiger partial charge is 0.315 e. The van der Waals surface area contributed by atoms with Crippen LogP contribution in [-0.4, -0.2) is 30.9 Å². The Balaban J connectivity index is 1.74. The van der Waals surface area contributed by atoms with E-state index in [1.54, 1.807) is 0 Å². The second-order valence-electron chi connectivity index (χ2n) is 5.27. The van der Waals surface area contributed by atoms with E-state index in [1.807, 2.05) is 31.2 Å². The van der Waals surface area contributed by atoms with Crippen LogP contribution < -0.4 is 15.4 Å². The number of carbonyl (C=O) groups excluding carboxylic acids is 1. The average Bonchev–Trinajstić information content (AvgIpc) is 3.24. The number of aliphatic hydroxyl groups is 1. The molecule has 1 aliphatic rings. The molecule has 2 rings (SSSR count). The fraction of sp³-hybridized carbons (Fsp3) is 0.533. The van der Waals surface area contributed by atoms with Crippen LogP contribution >= 0.6 is 0 Å². The highest BCUT2D eigenvalue weighted by Gasteiger charge is 2.42. The van der Waals surface area contributed by atoms with Gasteiger partial charge in [-0.05, 0) is 37.5 Å². The van der Waals surface area contributed by atoms with Gasteiger partial charge in [-0.1, -0.05) is 12.1 Å². The summed E-state index contributed by atoms with van der Waals surface area (Å²) < 4.78 is 5.41. The zero-order valence-corrected chi connectivity index (χ0v) is 11.8. The minimum absolute atomic E-state index is 0.0633. The number of carbonyl (C=O) groups is 1. The highest BCUT2D eigenvalue weighted by Crippen LogP contribution is 2.44. The lowest BCUT2D eigenvalue weighted by Crippen LogP contribution is -2.39. The van der Waals surface area contributed by atoms with Crippen LogP contribution in [0.4, 0.5) is 4.79 Å². The number of amides is 2. The van der Waals surface area contributed by atoms with Gasteiger partial charge in [0.25, 0.3) is 0 Å². The highest BCUT2D eigenvalue weighted by molar-refractivity contribution is 5.73. The van der Waals surface area contributed by atoms with Crippen molar-refractivity contribution in [2.24, 2.45) is 5.41 Å². The van der Waals surface area contributed by atoms with E-state index in [-0.39, 0.29) is 18.1 Å². The molecule has 0 spiro atoms. The summed E-state index contributed by atoms with van der Waals surface area (Å²) >= 11 is 0. The molecule has 0 bridgehead atoms. The number of ether oxygens (including phenoxy) is 1. The Kier molecular flexibility index (Phi) is 4.84. The van der Waals surface area contributed by atoms with Gasteiger partial charge < -0.3 is 20.5 Å². The number of benzene rings is 1. The van der Waals surface area contributed by atoms with E-state index in [4.69, 9.17) is 4.74 Å². The molecule has 0 unspecified atom stereocenters. The minimum atomic E-state index is -0.202. The maximum Gasteiger partial charge on any atom is 0.315 e. The molecule has 2 amide bonds. The molecule has 0 radical (unpaired) electrons. The molecule has 1 aromatic rings. The standard InChI is InChI=1S/C15H22N2O3/c1-2-20-13-5-3-4-12(8-13)9-16-14(19)17-10-15(11-18)6-7-15/h3-5,8,18H,2,6-7,9-11H2,1H3,(H2,16,17,19). The summed E-state index contributed by atoms with van der Waals surface area (Å²) in [5, 5.41) is 14.8. The average molecular weight is 278 g/mol. The van der Waals surface area contributed by atoms with Gasteiger partial charge in [0.15, 0.2) is 0 Å². The molecule has 0 heterocycles. The zero-order valence-electron chi connectivity index (χ0n) is 11.8. The maximum absolute atomic E-state index is 11.7. The summed E-state index contributed by atoms with van der Waals surface area (Å²) in [5.74, 6) is 0.810. The van der Waals surface area contributed by atoms with Gasteiger partial charge in [-0.15, -0.1) is 0 Å². The Labute approximate surface area is 119 Å². The molecule has 5 nitrogen and oxygen atoms in total. The predicted octanol–water partition coefficient (Wildman–Crippen LogP) is 1.66. The number of aliphatic hydroxyl groups excluding tert-OH is 1. The van der Waals surface area contributed by atoms with E-state index in [2.05, 4.69) is 10.6 Å². The van der Waals surface area contributed by atoms with Crippen LogP contribution in [-0.2, 0) is 6.54 Å². The van der Waals surface area contributed by atoms with Gasteiger partial charge in [0.2, 0.25) is 0 Å². The number of hydrogen-bond donors (Lipinski definition) is 3. The van der Waals surface area contributed by atoms with Crippen LogP contribution in [0.2, 0.25) is 0 Å². The topological polar surface area (TPSA) is 70.6 Å². The number of nitrogens with one attached hydrogen (secondary N) is 2. The van der Waals surface area contributed by atoms with Crippen molar-refractivity contribution in [2.75, 3.05) is 19.8 Å². The van der Waals surface area contributed by atoms with Gasteiger partial charge >= 0.3 is 6.03 Å². The van der Waals surface area contributed by atoms with Crippen LogP contribution in [0.15, 0.2) is 24.3 Å². The van der Waals surface area contributed by atoms with Crippen LogP contribution in [0.25, 0.3) is 0 Å². The first kappa shape index (κ1) is 14.7. The summed E-state index contributed by atoms with van der Waals surface area (Å²) in [5.41, 5.74) is 0.932. The molecule has 1 saturated carbocycles. The van der Waals surface area contributed by atoms with Gasteiger partial charge in [0.1, 0.15) is 5.75 Å². The Morgan fingerprint density at radius 2 is 2.20 bits per heavy atom. The molecule has 5 heteroatoms. The van der Waals surface area contributed by atoms with E-state index in [1.165, 1.54) is 0 Å². The van der Waals surface area contributed by atoms with Crippen molar-refractivity contribution in [3.63, 3.8) is 0 Å². The second kappa shape index (κ2) is 6.61. The van der Waals surface area contributed by atoms with Crippen molar-refractivity contribution in [3.05, 3.63) is 29.8 Å². The number of urea groups is 1. The van der Waals surface area contributed by atoms with Crippen LogP contribution in [0, 0.1) is 5.41 Å². The fourth-order valence-electron chi connectivity index (χ4n) is 1.99. The molecule has 0 atom stereocenters. The highest BCUT2D eigenvalue weighted by atomic mass is 16.5. The Bertz CT molecular complexity index is 458. The van der Waals surface area contributed by atoms with Crippen LogP contribution in [0.1, 0.15) is 25.3 Å². The lowest BCUT2D eigenvalue weighted by Gasteiger charge is -2.13. The van der Waals surface area contributed by atoms with Crippen LogP contribution in [0.5, 0.6) is 5.75 Å². The van der Waals surface area contributed by atoms with E-state index < -0.39 is 0 Å². The van der Waals surface area contributed by atoms with Crippen molar-refractivity contribution < 1.29 is 14.6 Å². The van der Waals surface area contributed by atoms with Gasteiger partial charge in [0, 0.05) is 18.5 Å². The third-order valence-corrected chi connectivity index (χ3v) is 3.58. The molecule has 110 valence electrons. The molecule has 0 aliphatic heterocycles. The quantitative estimate of drug-likeness (QED) is 0.710. The third-order valence-electron chi connectivity index (χ3n) is 3.58. The Morgan fingerprint density at radius 3 is 2.85 bits per heavy atom. The summed E-state index contributed by atoms with van der Waals surface area (Å²) in [6, 6.07) is 7.46. The number of hydrogen-bond acceptors (Lipinski definition) is 3. The first-order valence-corrected chi connectivity index (χ1v) is 7.02. The normalized spacial score (nSPS) is 15.5. The van der Waals surface area contributed by atoms with E-state index in [0.717, 1.165) is 24.2 Å². The molecule has 3 N–H and O–H groups in total. The van der Waals surface area contributed by atoms with Gasteiger partial charge in [0.05, 0.1) is 13.2 Å². The SMILES string of the molecule is CCOc1cccc(CNC(=O)NCC2(CO)CC2)c1. The molecule has 0 saturated heterocycles. The van der Waals surface area contributed by atoms with Crippen molar-refractivity contribution in [3.8, 4) is 5.75 Å². The first-order valence-electron chi connectivity index (χ1n) is 7.02. The monoisotopic (exact) mass is 278 g/mol. The summed E-state index contributed by atoms with van der Waals surface area (Å²) in [7, 11) is 0. The van der Waals surface area contributed by atoms with Gasteiger partial charge in [-0.25, -0.2) is 4.79 Å². The maximum atomic E-state index is 11.7. The van der Waals surface area contributed by atoms with Crippen molar-refractivity contribution in [2.45, 2.75) is 26.3 Å². The Hall–Kier alpha value is -1.75. The fourth-order valence-corrected chi connectivity index (χ4v) is 1.99. The first-order chi connectivity index (χ1) is 9.67. The predicted molar refractivity (Wildman–Crippen MR) is 76.6 cm³/mol. The Morgan fingerprint density at radius 1 is 1.40 bits per heavy atom. The minimum Gasteiger partial charge on any atom is -0.494 e. The number of rotatable bonds is 7. The lowest BCUT2D eigenvalue weighted by molar-refractivity contribution is 0.203. The third kappa shape index (κ3) is 4.13. The second-order valence-corrected chi connectivity index (χ2v) is 5.27. The van der Waals surface area contributed by atoms with E-state index in [0.29, 0.717) is 19.7 Å². The van der Waals surface area contributed by atoms with E-state index >= 15 is 0 Å². The van der Waals surface area contributed by atoms with Crippen LogP contribution in [0.3, 0.4) is 0 Å². The molecular weight excluding hydrogens is 256 g/mol. The molecule has 1 aromatic carbocycles. The lowest BCUT2D eigenvalue weighted by atomic mass is 10.1. The zero-order chi connectivity index (χ0) is 14.4. The summed E-state index contributed by atoms with van der Waals surface area (Å²) in [4.78, 5) is 11.7. The van der Waals surface area contributed by atoms with Crippen molar-refractivity contribution >= 4 is 6.03 Å².